The molecule has 19 heavy (non-hydrogen) atoms. The van der Waals surface area contributed by atoms with Crippen LogP contribution in [0, 0.1) is 5.92 Å². The monoisotopic (exact) mass is 257 g/mol. The highest BCUT2D eigenvalue weighted by atomic mass is 16.1. The molecule has 0 radical (unpaired) electrons. The van der Waals surface area contributed by atoms with Gasteiger partial charge in [-0.2, -0.15) is 0 Å². The predicted octanol–water partition coefficient (Wildman–Crippen LogP) is 2.67. The highest BCUT2D eigenvalue weighted by molar-refractivity contribution is 6.07. The van der Waals surface area contributed by atoms with Gasteiger partial charge in [-0.25, -0.2) is 0 Å². The summed E-state index contributed by atoms with van der Waals surface area (Å²) in [7, 11) is 0. The van der Waals surface area contributed by atoms with E-state index in [2.05, 4.69) is 17.2 Å². The van der Waals surface area contributed by atoms with Gasteiger partial charge in [0.2, 0.25) is 0 Å². The van der Waals surface area contributed by atoms with Crippen molar-refractivity contribution in [2.24, 2.45) is 5.92 Å². The van der Waals surface area contributed by atoms with Gasteiger partial charge in [-0.1, -0.05) is 6.92 Å². The van der Waals surface area contributed by atoms with Crippen molar-refractivity contribution in [2.75, 3.05) is 5.73 Å². The fraction of sp³-hybridized carbons (Fsp3) is 0.400. The van der Waals surface area contributed by atoms with Crippen LogP contribution in [0.4, 0.5) is 5.69 Å². The Balaban J connectivity index is 1.82. The highest BCUT2D eigenvalue weighted by Crippen LogP contribution is 2.26. The molecule has 1 amide bonds. The molecule has 2 atom stereocenters. The largest absolute Gasteiger partial charge is 0.399 e. The molecule has 1 aliphatic carbocycles. The quantitative estimate of drug-likeness (QED) is 0.724. The first-order valence-corrected chi connectivity index (χ1v) is 6.81. The molecule has 1 fully saturated rings. The van der Waals surface area contributed by atoms with Crippen molar-refractivity contribution in [2.45, 2.75) is 32.2 Å². The van der Waals surface area contributed by atoms with Gasteiger partial charge in [0.05, 0.1) is 5.56 Å². The Bertz CT molecular complexity index is 617. The Hall–Kier alpha value is -1.97. The molecule has 1 heterocycles. The third kappa shape index (κ3) is 2.30. The number of nitrogens with two attached hydrogens (primary N) is 1. The Morgan fingerprint density at radius 3 is 3.00 bits per heavy atom. The molecule has 4 N–H and O–H groups in total. The molecule has 2 aromatic rings. The molecule has 1 aromatic carbocycles. The number of aromatic nitrogens is 1. The Morgan fingerprint density at radius 1 is 1.42 bits per heavy atom. The summed E-state index contributed by atoms with van der Waals surface area (Å²) < 4.78 is 0. The van der Waals surface area contributed by atoms with Gasteiger partial charge in [0.25, 0.3) is 5.91 Å². The summed E-state index contributed by atoms with van der Waals surface area (Å²) in [4.78, 5) is 15.4. The van der Waals surface area contributed by atoms with Crippen molar-refractivity contribution in [1.82, 2.24) is 10.3 Å². The number of H-pyrrole nitrogens is 1. The maximum absolute atomic E-state index is 12.3. The summed E-state index contributed by atoms with van der Waals surface area (Å²) in [6.45, 7) is 2.24. The summed E-state index contributed by atoms with van der Waals surface area (Å²) in [5, 5.41) is 4.06. The lowest BCUT2D eigenvalue weighted by molar-refractivity contribution is 0.0939. The SMILES string of the molecule is CC1CCC(NC(=O)c2c[nH]c3cc(N)ccc23)C1. The number of nitrogen functional groups attached to an aromatic ring is 1. The fourth-order valence-electron chi connectivity index (χ4n) is 2.93. The van der Waals surface area contributed by atoms with Crippen molar-refractivity contribution < 1.29 is 4.79 Å². The first-order valence-electron chi connectivity index (χ1n) is 6.81. The number of amides is 1. The number of hydrogen-bond donors (Lipinski definition) is 3. The summed E-state index contributed by atoms with van der Waals surface area (Å²) in [5.41, 5.74) is 8.05. The van der Waals surface area contributed by atoms with E-state index in [-0.39, 0.29) is 5.91 Å². The van der Waals surface area contributed by atoms with E-state index in [0.29, 0.717) is 23.2 Å². The average Bonchev–Trinajstić information content (AvgIpc) is 2.95. The molecule has 100 valence electrons. The Morgan fingerprint density at radius 2 is 2.26 bits per heavy atom. The molecule has 4 heteroatoms. The van der Waals surface area contributed by atoms with Crippen molar-refractivity contribution in [1.29, 1.82) is 0 Å². The van der Waals surface area contributed by atoms with Crippen LogP contribution >= 0.6 is 0 Å². The van der Waals surface area contributed by atoms with Crippen LogP contribution in [0.1, 0.15) is 36.5 Å². The van der Waals surface area contributed by atoms with E-state index in [4.69, 9.17) is 5.73 Å². The zero-order valence-corrected chi connectivity index (χ0v) is 11.1. The number of carbonyl (C=O) groups excluding carboxylic acids is 1. The Kier molecular flexibility index (Phi) is 2.93. The van der Waals surface area contributed by atoms with Crippen molar-refractivity contribution in [3.63, 3.8) is 0 Å². The van der Waals surface area contributed by atoms with E-state index < -0.39 is 0 Å². The summed E-state index contributed by atoms with van der Waals surface area (Å²) >= 11 is 0. The molecule has 4 nitrogen and oxygen atoms in total. The summed E-state index contributed by atoms with van der Waals surface area (Å²) in [6.07, 6.45) is 5.14. The first-order chi connectivity index (χ1) is 9.13. The standard InChI is InChI=1S/C15H19N3O/c1-9-2-4-11(6-9)18-15(19)13-8-17-14-7-10(16)3-5-12(13)14/h3,5,7-9,11,17H,2,4,6,16H2,1H3,(H,18,19). The zero-order valence-electron chi connectivity index (χ0n) is 11.1. The molecule has 0 saturated heterocycles. The third-order valence-corrected chi connectivity index (χ3v) is 3.98. The Labute approximate surface area is 112 Å². The average molecular weight is 257 g/mol. The van der Waals surface area contributed by atoms with Crippen LogP contribution in [0.15, 0.2) is 24.4 Å². The van der Waals surface area contributed by atoms with Crippen molar-refractivity contribution in [3.05, 3.63) is 30.0 Å². The van der Waals surface area contributed by atoms with Gasteiger partial charge in [-0.05, 0) is 43.4 Å². The minimum atomic E-state index is 0.00937. The number of benzene rings is 1. The molecule has 3 rings (SSSR count). The summed E-state index contributed by atoms with van der Waals surface area (Å²) in [5.74, 6) is 0.725. The number of hydrogen-bond acceptors (Lipinski definition) is 2. The molecule has 1 saturated carbocycles. The molecule has 0 spiro atoms. The molecule has 0 aliphatic heterocycles. The number of anilines is 1. The van der Waals surface area contributed by atoms with E-state index in [9.17, 15) is 4.79 Å². The maximum Gasteiger partial charge on any atom is 0.253 e. The predicted molar refractivity (Wildman–Crippen MR) is 77.0 cm³/mol. The van der Waals surface area contributed by atoms with Crippen LogP contribution in [0.3, 0.4) is 0 Å². The van der Waals surface area contributed by atoms with E-state index in [1.807, 2.05) is 18.2 Å². The van der Waals surface area contributed by atoms with Gasteiger partial charge in [-0.3, -0.25) is 4.79 Å². The smallest absolute Gasteiger partial charge is 0.253 e. The van der Waals surface area contributed by atoms with E-state index in [0.717, 1.165) is 23.7 Å². The van der Waals surface area contributed by atoms with Gasteiger partial charge >= 0.3 is 0 Å². The van der Waals surface area contributed by atoms with Gasteiger partial charge < -0.3 is 16.0 Å². The van der Waals surface area contributed by atoms with Gasteiger partial charge in [0, 0.05) is 28.8 Å². The van der Waals surface area contributed by atoms with E-state index >= 15 is 0 Å². The molecule has 0 bridgehead atoms. The molecule has 2 unspecified atom stereocenters. The second-order valence-corrected chi connectivity index (χ2v) is 5.60. The fourth-order valence-corrected chi connectivity index (χ4v) is 2.93. The number of fused-ring (bicyclic) bond motifs is 1. The van der Waals surface area contributed by atoms with E-state index in [1.54, 1.807) is 6.20 Å². The first kappa shape index (κ1) is 12.1. The summed E-state index contributed by atoms with van der Waals surface area (Å²) in [6, 6.07) is 5.89. The topological polar surface area (TPSA) is 70.9 Å². The maximum atomic E-state index is 12.3. The van der Waals surface area contributed by atoms with Crippen LogP contribution in [-0.2, 0) is 0 Å². The minimum Gasteiger partial charge on any atom is -0.399 e. The van der Waals surface area contributed by atoms with Crippen LogP contribution in [0.5, 0.6) is 0 Å². The van der Waals surface area contributed by atoms with Gasteiger partial charge in [-0.15, -0.1) is 0 Å². The second kappa shape index (κ2) is 4.61. The lowest BCUT2D eigenvalue weighted by Gasteiger charge is -2.11. The third-order valence-electron chi connectivity index (χ3n) is 3.98. The lowest BCUT2D eigenvalue weighted by atomic mass is 10.1. The van der Waals surface area contributed by atoms with Crippen LogP contribution < -0.4 is 11.1 Å². The number of carbonyl (C=O) groups is 1. The molecular formula is C15H19N3O. The molecular weight excluding hydrogens is 238 g/mol. The van der Waals surface area contributed by atoms with E-state index in [1.165, 1.54) is 6.42 Å². The van der Waals surface area contributed by atoms with Crippen LogP contribution in [0.25, 0.3) is 10.9 Å². The highest BCUT2D eigenvalue weighted by Gasteiger charge is 2.23. The lowest BCUT2D eigenvalue weighted by Crippen LogP contribution is -2.32. The number of rotatable bonds is 2. The van der Waals surface area contributed by atoms with Crippen LogP contribution in [-0.4, -0.2) is 16.9 Å². The van der Waals surface area contributed by atoms with Gasteiger partial charge in [0.15, 0.2) is 0 Å². The molecule has 1 aliphatic rings. The minimum absolute atomic E-state index is 0.00937. The van der Waals surface area contributed by atoms with Gasteiger partial charge in [0.1, 0.15) is 0 Å². The number of aromatic amines is 1. The normalized spacial score (nSPS) is 22.8. The number of nitrogens with one attached hydrogen (secondary N) is 2. The molecule has 1 aromatic heterocycles. The zero-order chi connectivity index (χ0) is 13.4. The van der Waals surface area contributed by atoms with Crippen molar-refractivity contribution in [3.8, 4) is 0 Å². The van der Waals surface area contributed by atoms with Crippen molar-refractivity contribution >= 4 is 22.5 Å². The van der Waals surface area contributed by atoms with Crippen LogP contribution in [0.2, 0.25) is 0 Å². The second-order valence-electron chi connectivity index (χ2n) is 5.60.